The molecule has 0 amide bonds. The first-order valence-corrected chi connectivity index (χ1v) is 15.8. The Hall–Kier alpha value is -3.16. The van der Waals surface area contributed by atoms with E-state index in [0.717, 1.165) is 11.1 Å². The van der Waals surface area contributed by atoms with Crippen molar-refractivity contribution in [2.24, 2.45) is 0 Å². The first-order chi connectivity index (χ1) is 20.6. The van der Waals surface area contributed by atoms with Gasteiger partial charge in [-0.1, -0.05) is 60.7 Å². The number of hydrogen-bond acceptors (Lipinski definition) is 10. The molecule has 1 aliphatic rings. The van der Waals surface area contributed by atoms with Crippen LogP contribution in [-0.4, -0.2) is 131 Å². The summed E-state index contributed by atoms with van der Waals surface area (Å²) in [4.78, 5) is 41.5. The molecule has 1 heterocycles. The molecule has 0 radical (unpaired) electrons. The van der Waals surface area contributed by atoms with E-state index in [1.807, 2.05) is 65.6 Å². The van der Waals surface area contributed by atoms with Crippen molar-refractivity contribution in [3.63, 3.8) is 0 Å². The summed E-state index contributed by atoms with van der Waals surface area (Å²) < 4.78 is 26.1. The average Bonchev–Trinajstić information content (AvgIpc) is 2.97. The van der Waals surface area contributed by atoms with Gasteiger partial charge in [0.15, 0.2) is 0 Å². The zero-order valence-corrected chi connectivity index (χ0v) is 25.1. The Morgan fingerprint density at radius 1 is 0.558 bits per heavy atom. The summed E-state index contributed by atoms with van der Waals surface area (Å²) in [6, 6.07) is 18.6. The van der Waals surface area contributed by atoms with E-state index in [4.69, 9.17) is 9.05 Å². The Kier molecular flexibility index (Phi) is 14.2. The molecule has 14 heteroatoms. The third kappa shape index (κ3) is 13.8. The highest BCUT2D eigenvalue weighted by atomic mass is 31.2. The van der Waals surface area contributed by atoms with Crippen LogP contribution in [0.2, 0.25) is 0 Å². The summed E-state index contributed by atoms with van der Waals surface area (Å²) in [6.07, 6.45) is -0.0837. The van der Waals surface area contributed by atoms with Gasteiger partial charge in [0, 0.05) is 52.4 Å². The number of benzene rings is 2. The van der Waals surface area contributed by atoms with Gasteiger partial charge in [-0.25, -0.2) is 0 Å². The second kappa shape index (κ2) is 17.8. The van der Waals surface area contributed by atoms with Crippen LogP contribution in [-0.2, 0) is 41.2 Å². The van der Waals surface area contributed by atoms with Gasteiger partial charge in [-0.05, 0) is 11.1 Å². The van der Waals surface area contributed by atoms with Crippen LogP contribution in [0.1, 0.15) is 11.1 Å². The van der Waals surface area contributed by atoms with E-state index < -0.39 is 25.5 Å². The summed E-state index contributed by atoms with van der Waals surface area (Å²) in [5.41, 5.74) is 1.65. The quantitative estimate of drug-likeness (QED) is 0.264. The molecule has 0 spiro atoms. The molecule has 1 fully saturated rings. The predicted molar refractivity (Wildman–Crippen MR) is 159 cm³/mol. The monoisotopic (exact) mass is 620 g/mol. The molecule has 0 atom stereocenters. The van der Waals surface area contributed by atoms with Crippen molar-refractivity contribution in [2.45, 2.75) is 13.2 Å². The van der Waals surface area contributed by atoms with Crippen LogP contribution in [0.5, 0.6) is 0 Å². The van der Waals surface area contributed by atoms with Crippen LogP contribution in [0.4, 0.5) is 0 Å². The van der Waals surface area contributed by atoms with Crippen molar-refractivity contribution in [1.29, 1.82) is 0 Å². The van der Waals surface area contributed by atoms with Crippen LogP contribution in [0.15, 0.2) is 60.7 Å². The van der Waals surface area contributed by atoms with E-state index in [2.05, 4.69) is 0 Å². The second-order valence-electron chi connectivity index (χ2n) is 10.4. The SMILES string of the molecule is O=C(O)CN1CCN(CC(=O)O)CCN(CP(=O)(OCc2ccccc2)OCc2ccccc2)CCN(CC(=O)O)CC1. The van der Waals surface area contributed by atoms with Gasteiger partial charge in [-0.3, -0.25) is 38.5 Å². The summed E-state index contributed by atoms with van der Waals surface area (Å²) in [7, 11) is -3.73. The number of rotatable bonds is 14. The number of carboxylic acid groups (broad SMARTS) is 3. The van der Waals surface area contributed by atoms with Gasteiger partial charge in [0.25, 0.3) is 0 Å². The van der Waals surface area contributed by atoms with E-state index in [-0.39, 0.29) is 39.1 Å². The summed E-state index contributed by atoms with van der Waals surface area (Å²) >= 11 is 0. The van der Waals surface area contributed by atoms with Crippen molar-refractivity contribution >= 4 is 25.5 Å². The first-order valence-electron chi connectivity index (χ1n) is 14.1. The average molecular weight is 621 g/mol. The van der Waals surface area contributed by atoms with E-state index in [0.29, 0.717) is 52.4 Å². The number of aliphatic carboxylic acids is 3. The van der Waals surface area contributed by atoms with Gasteiger partial charge in [0.05, 0.1) is 32.8 Å². The zero-order valence-electron chi connectivity index (χ0n) is 24.2. The fourth-order valence-electron chi connectivity index (χ4n) is 4.63. The van der Waals surface area contributed by atoms with Crippen molar-refractivity contribution in [2.75, 3.05) is 78.3 Å². The summed E-state index contributed by atoms with van der Waals surface area (Å²) in [6.45, 7) is 1.77. The minimum absolute atomic E-state index is 0.0659. The van der Waals surface area contributed by atoms with Crippen LogP contribution in [0.25, 0.3) is 0 Å². The molecule has 3 rings (SSSR count). The van der Waals surface area contributed by atoms with E-state index in [1.54, 1.807) is 14.7 Å². The maximum atomic E-state index is 14.2. The van der Waals surface area contributed by atoms with Crippen molar-refractivity contribution in [1.82, 2.24) is 19.6 Å². The number of carboxylic acids is 3. The highest BCUT2D eigenvalue weighted by Crippen LogP contribution is 2.50. The topological polar surface area (TPSA) is 160 Å². The Bertz CT molecular complexity index is 1130. The second-order valence-corrected chi connectivity index (χ2v) is 12.4. The van der Waals surface area contributed by atoms with E-state index >= 15 is 0 Å². The van der Waals surface area contributed by atoms with Crippen molar-refractivity contribution in [3.05, 3.63) is 71.8 Å². The lowest BCUT2D eigenvalue weighted by Gasteiger charge is -2.34. The smallest absolute Gasteiger partial charge is 0.345 e. The van der Waals surface area contributed by atoms with E-state index in [1.165, 1.54) is 0 Å². The molecule has 0 saturated carbocycles. The van der Waals surface area contributed by atoms with Gasteiger partial charge in [-0.15, -0.1) is 0 Å². The molecule has 43 heavy (non-hydrogen) atoms. The minimum Gasteiger partial charge on any atom is -0.480 e. The van der Waals surface area contributed by atoms with Gasteiger partial charge >= 0.3 is 25.5 Å². The van der Waals surface area contributed by atoms with Gasteiger partial charge < -0.3 is 24.4 Å². The minimum atomic E-state index is -3.73. The number of nitrogens with zero attached hydrogens (tertiary/aromatic N) is 4. The van der Waals surface area contributed by atoms with Crippen LogP contribution >= 0.6 is 7.60 Å². The molecule has 0 unspecified atom stereocenters. The van der Waals surface area contributed by atoms with Gasteiger partial charge in [-0.2, -0.15) is 0 Å². The Balaban J connectivity index is 1.81. The maximum absolute atomic E-state index is 14.2. The van der Waals surface area contributed by atoms with Gasteiger partial charge in [0.1, 0.15) is 6.29 Å². The molecule has 0 aromatic heterocycles. The standard InChI is InChI=1S/C29H41N4O9P/c34-27(35)19-30-11-13-31(20-28(36)37)15-17-33(18-16-32(14-12-30)21-29(38)39)24-43(40,41-22-25-7-3-1-4-8-25)42-23-26-9-5-2-6-10-26/h1-10H,11-24H2,(H,34,35)(H,36,37)(H,38,39). The Morgan fingerprint density at radius 3 is 1.16 bits per heavy atom. The van der Waals surface area contributed by atoms with Crippen LogP contribution < -0.4 is 0 Å². The van der Waals surface area contributed by atoms with Crippen LogP contribution in [0, 0.1) is 0 Å². The predicted octanol–water partition coefficient (Wildman–Crippen LogP) is 2.05. The van der Waals surface area contributed by atoms with E-state index in [9.17, 15) is 34.3 Å². The third-order valence-corrected chi connectivity index (χ3v) is 8.71. The lowest BCUT2D eigenvalue weighted by atomic mass is 10.2. The largest absolute Gasteiger partial charge is 0.480 e. The molecule has 0 aliphatic carbocycles. The fraction of sp³-hybridized carbons (Fsp3) is 0.483. The molecule has 1 aliphatic heterocycles. The third-order valence-electron chi connectivity index (χ3n) is 6.92. The highest BCUT2D eigenvalue weighted by Gasteiger charge is 2.30. The Morgan fingerprint density at radius 2 is 0.860 bits per heavy atom. The molecule has 2 aromatic rings. The summed E-state index contributed by atoms with van der Waals surface area (Å²) in [5, 5.41) is 28.3. The van der Waals surface area contributed by atoms with Crippen molar-refractivity contribution in [3.8, 4) is 0 Å². The number of carbonyl (C=O) groups is 3. The molecule has 3 N–H and O–H groups in total. The fourth-order valence-corrected chi connectivity index (χ4v) is 6.33. The zero-order chi connectivity index (χ0) is 31.1. The summed E-state index contributed by atoms with van der Waals surface area (Å²) in [5.74, 6) is -3.05. The lowest BCUT2D eigenvalue weighted by Crippen LogP contribution is -2.48. The molecule has 0 bridgehead atoms. The van der Waals surface area contributed by atoms with Gasteiger partial charge in [0.2, 0.25) is 0 Å². The first kappa shape index (κ1) is 34.3. The lowest BCUT2D eigenvalue weighted by molar-refractivity contribution is -0.140. The molecule has 13 nitrogen and oxygen atoms in total. The molecule has 2 aromatic carbocycles. The van der Waals surface area contributed by atoms with Crippen LogP contribution in [0.3, 0.4) is 0 Å². The molecule has 236 valence electrons. The Labute approximate surface area is 251 Å². The molecular formula is C29H41N4O9P. The molecular weight excluding hydrogens is 579 g/mol. The van der Waals surface area contributed by atoms with Crippen molar-refractivity contribution < 1.29 is 43.3 Å². The highest BCUT2D eigenvalue weighted by molar-refractivity contribution is 7.53. The normalized spacial score (nSPS) is 17.1. The molecule has 1 saturated heterocycles. The maximum Gasteiger partial charge on any atom is 0.345 e. The number of hydrogen-bond donors (Lipinski definition) is 3.